The lowest BCUT2D eigenvalue weighted by atomic mass is 10.2. The zero-order valence-electron chi connectivity index (χ0n) is 12.8. The maximum Gasteiger partial charge on any atom is 0.159 e. The standard InChI is InChI=1S/C14H22N6O/c1-10-6-12(16-15-10)8-19-4-5-20-13(7-11(19)2)17-18-14(20)9-21-3/h6,11H,4-5,7-9H2,1-3H3,(H,15,16). The molecule has 0 fully saturated rings. The molecule has 0 aromatic carbocycles. The van der Waals surface area contributed by atoms with E-state index in [9.17, 15) is 0 Å². The summed E-state index contributed by atoms with van der Waals surface area (Å²) in [6.45, 7) is 7.51. The molecule has 2 aromatic rings. The molecular weight excluding hydrogens is 268 g/mol. The minimum absolute atomic E-state index is 0.419. The van der Waals surface area contributed by atoms with Crippen LogP contribution in [0.4, 0.5) is 0 Å². The summed E-state index contributed by atoms with van der Waals surface area (Å²) in [5, 5.41) is 15.9. The number of aromatic nitrogens is 5. The smallest absolute Gasteiger partial charge is 0.159 e. The zero-order chi connectivity index (χ0) is 14.8. The Kier molecular flexibility index (Phi) is 4.03. The van der Waals surface area contributed by atoms with Crippen LogP contribution in [0.5, 0.6) is 0 Å². The van der Waals surface area contributed by atoms with Crippen LogP contribution in [0.25, 0.3) is 0 Å². The molecule has 1 aliphatic heterocycles. The van der Waals surface area contributed by atoms with E-state index < -0.39 is 0 Å². The third-order valence-electron chi connectivity index (χ3n) is 4.01. The van der Waals surface area contributed by atoms with E-state index in [-0.39, 0.29) is 0 Å². The van der Waals surface area contributed by atoms with Crippen molar-refractivity contribution in [2.24, 2.45) is 0 Å². The third-order valence-corrected chi connectivity index (χ3v) is 4.01. The second-order valence-electron chi connectivity index (χ2n) is 5.68. The van der Waals surface area contributed by atoms with Gasteiger partial charge in [0.05, 0.1) is 5.69 Å². The maximum absolute atomic E-state index is 5.19. The van der Waals surface area contributed by atoms with E-state index in [1.807, 2.05) is 6.92 Å². The lowest BCUT2D eigenvalue weighted by Gasteiger charge is -2.25. The van der Waals surface area contributed by atoms with Crippen LogP contribution in [-0.2, 0) is 30.9 Å². The SMILES string of the molecule is COCc1nnc2n1CCN(Cc1cc(C)[nH]n1)C(C)C2. The van der Waals surface area contributed by atoms with Gasteiger partial charge in [-0.1, -0.05) is 0 Å². The van der Waals surface area contributed by atoms with Crippen LogP contribution >= 0.6 is 0 Å². The summed E-state index contributed by atoms with van der Waals surface area (Å²) in [5.41, 5.74) is 2.20. The monoisotopic (exact) mass is 290 g/mol. The van der Waals surface area contributed by atoms with Crippen molar-refractivity contribution < 1.29 is 4.74 Å². The van der Waals surface area contributed by atoms with Crippen LogP contribution in [0.3, 0.4) is 0 Å². The molecule has 0 saturated carbocycles. The van der Waals surface area contributed by atoms with E-state index in [0.717, 1.165) is 49.1 Å². The van der Waals surface area contributed by atoms with Crippen LogP contribution in [0.15, 0.2) is 6.07 Å². The summed E-state index contributed by atoms with van der Waals surface area (Å²) in [6, 6.07) is 2.52. The summed E-state index contributed by atoms with van der Waals surface area (Å²) in [6.07, 6.45) is 0.903. The molecule has 0 amide bonds. The van der Waals surface area contributed by atoms with Gasteiger partial charge in [-0.2, -0.15) is 5.10 Å². The summed E-state index contributed by atoms with van der Waals surface area (Å²) < 4.78 is 7.38. The average molecular weight is 290 g/mol. The first-order valence-electron chi connectivity index (χ1n) is 7.32. The molecule has 3 heterocycles. The summed E-state index contributed by atoms with van der Waals surface area (Å²) in [5.74, 6) is 1.97. The first kappa shape index (κ1) is 14.2. The molecule has 7 nitrogen and oxygen atoms in total. The Balaban J connectivity index is 1.73. The largest absolute Gasteiger partial charge is 0.377 e. The van der Waals surface area contributed by atoms with Crippen molar-refractivity contribution >= 4 is 0 Å². The van der Waals surface area contributed by atoms with Gasteiger partial charge in [0.25, 0.3) is 0 Å². The third kappa shape index (κ3) is 2.98. The molecule has 1 atom stereocenters. The van der Waals surface area contributed by atoms with E-state index in [0.29, 0.717) is 12.6 Å². The first-order chi connectivity index (χ1) is 10.2. The molecular formula is C14H22N6O. The first-order valence-corrected chi connectivity index (χ1v) is 7.32. The van der Waals surface area contributed by atoms with E-state index in [4.69, 9.17) is 4.74 Å². The number of fused-ring (bicyclic) bond motifs is 1. The Morgan fingerprint density at radius 2 is 2.24 bits per heavy atom. The number of hydrogen-bond acceptors (Lipinski definition) is 5. The number of nitrogens with zero attached hydrogens (tertiary/aromatic N) is 5. The zero-order valence-corrected chi connectivity index (χ0v) is 12.8. The fraction of sp³-hybridized carbons (Fsp3) is 0.643. The molecule has 21 heavy (non-hydrogen) atoms. The van der Waals surface area contributed by atoms with Crippen molar-refractivity contribution in [1.29, 1.82) is 0 Å². The number of aryl methyl sites for hydroxylation is 1. The molecule has 0 saturated heterocycles. The molecule has 2 aromatic heterocycles. The topological polar surface area (TPSA) is 71.9 Å². The summed E-state index contributed by atoms with van der Waals surface area (Å²) >= 11 is 0. The highest BCUT2D eigenvalue weighted by Crippen LogP contribution is 2.17. The number of hydrogen-bond donors (Lipinski definition) is 1. The van der Waals surface area contributed by atoms with Gasteiger partial charge in [0, 0.05) is 44.9 Å². The van der Waals surface area contributed by atoms with E-state index >= 15 is 0 Å². The van der Waals surface area contributed by atoms with Crippen molar-refractivity contribution in [3.8, 4) is 0 Å². The second kappa shape index (κ2) is 5.95. The van der Waals surface area contributed by atoms with E-state index in [2.05, 4.69) is 42.9 Å². The van der Waals surface area contributed by atoms with Gasteiger partial charge >= 0.3 is 0 Å². The van der Waals surface area contributed by atoms with Crippen LogP contribution in [0, 0.1) is 6.92 Å². The van der Waals surface area contributed by atoms with Crippen LogP contribution in [-0.4, -0.2) is 49.6 Å². The van der Waals surface area contributed by atoms with E-state index in [1.54, 1.807) is 7.11 Å². The lowest BCUT2D eigenvalue weighted by molar-refractivity contribution is 0.170. The second-order valence-corrected chi connectivity index (χ2v) is 5.68. The molecule has 1 N–H and O–H groups in total. The van der Waals surface area contributed by atoms with Gasteiger partial charge < -0.3 is 9.30 Å². The minimum atomic E-state index is 0.419. The predicted octanol–water partition coefficient (Wildman–Crippen LogP) is 0.903. The normalized spacial score (nSPS) is 19.5. The molecule has 0 radical (unpaired) electrons. The number of methoxy groups -OCH3 is 1. The Labute approximate surface area is 124 Å². The van der Waals surface area contributed by atoms with Gasteiger partial charge in [0.2, 0.25) is 0 Å². The fourth-order valence-corrected chi connectivity index (χ4v) is 2.86. The molecule has 3 rings (SSSR count). The Morgan fingerprint density at radius 1 is 1.38 bits per heavy atom. The Bertz CT molecular complexity index is 604. The average Bonchev–Trinajstić information content (AvgIpc) is 2.98. The van der Waals surface area contributed by atoms with E-state index in [1.165, 1.54) is 0 Å². The number of nitrogens with one attached hydrogen (secondary N) is 1. The predicted molar refractivity (Wildman–Crippen MR) is 77.6 cm³/mol. The highest BCUT2D eigenvalue weighted by Gasteiger charge is 2.24. The molecule has 0 spiro atoms. The van der Waals surface area contributed by atoms with Gasteiger partial charge in [0.1, 0.15) is 12.4 Å². The summed E-state index contributed by atoms with van der Waals surface area (Å²) in [7, 11) is 1.69. The number of H-pyrrole nitrogens is 1. The number of aromatic amines is 1. The van der Waals surface area contributed by atoms with Gasteiger partial charge in [-0.3, -0.25) is 10.00 Å². The molecule has 0 aliphatic carbocycles. The van der Waals surface area contributed by atoms with Crippen LogP contribution < -0.4 is 0 Å². The van der Waals surface area contributed by atoms with Crippen molar-refractivity contribution in [3.05, 3.63) is 29.1 Å². The molecule has 1 unspecified atom stereocenters. The van der Waals surface area contributed by atoms with Crippen LogP contribution in [0.2, 0.25) is 0 Å². The Morgan fingerprint density at radius 3 is 2.95 bits per heavy atom. The summed E-state index contributed by atoms with van der Waals surface area (Å²) in [4.78, 5) is 2.45. The molecule has 0 bridgehead atoms. The van der Waals surface area contributed by atoms with Gasteiger partial charge in [-0.05, 0) is 19.9 Å². The quantitative estimate of drug-likeness (QED) is 0.906. The highest BCUT2D eigenvalue weighted by molar-refractivity contribution is 5.07. The maximum atomic E-state index is 5.19. The fourth-order valence-electron chi connectivity index (χ4n) is 2.86. The molecule has 1 aliphatic rings. The number of rotatable bonds is 4. The van der Waals surface area contributed by atoms with Crippen LogP contribution in [0.1, 0.15) is 30.0 Å². The van der Waals surface area contributed by atoms with Crippen molar-refractivity contribution in [2.75, 3.05) is 13.7 Å². The Hall–Kier alpha value is -1.73. The minimum Gasteiger partial charge on any atom is -0.377 e. The highest BCUT2D eigenvalue weighted by atomic mass is 16.5. The number of ether oxygens (including phenoxy) is 1. The van der Waals surface area contributed by atoms with Gasteiger partial charge in [-0.15, -0.1) is 10.2 Å². The molecule has 7 heteroatoms. The van der Waals surface area contributed by atoms with Gasteiger partial charge in [-0.25, -0.2) is 0 Å². The van der Waals surface area contributed by atoms with Gasteiger partial charge in [0.15, 0.2) is 5.82 Å². The molecule has 114 valence electrons. The lowest BCUT2D eigenvalue weighted by Crippen LogP contribution is -2.34. The van der Waals surface area contributed by atoms with Crippen molar-refractivity contribution in [1.82, 2.24) is 29.9 Å². The van der Waals surface area contributed by atoms with Crippen molar-refractivity contribution in [2.45, 2.75) is 46.0 Å². The van der Waals surface area contributed by atoms with Crippen molar-refractivity contribution in [3.63, 3.8) is 0 Å².